The zero-order valence-electron chi connectivity index (χ0n) is 19.2. The Morgan fingerprint density at radius 3 is 2.17 bits per heavy atom. The minimum Gasteiger partial charge on any atom is -0.357 e. The van der Waals surface area contributed by atoms with Crippen molar-refractivity contribution in [1.29, 1.82) is 0 Å². The van der Waals surface area contributed by atoms with Crippen molar-refractivity contribution < 1.29 is 18.0 Å². The van der Waals surface area contributed by atoms with E-state index in [4.69, 9.17) is 11.6 Å². The molecule has 0 radical (unpaired) electrons. The topological polar surface area (TPSA) is 86.8 Å². The van der Waals surface area contributed by atoms with Crippen molar-refractivity contribution in [2.45, 2.75) is 24.4 Å². The van der Waals surface area contributed by atoms with Crippen molar-refractivity contribution in [3.63, 3.8) is 0 Å². The number of amides is 2. The van der Waals surface area contributed by atoms with E-state index in [1.54, 1.807) is 73.7 Å². The molecule has 0 aromatic heterocycles. The number of hydrogen-bond donors (Lipinski definition) is 1. The second-order valence-corrected chi connectivity index (χ2v) is 11.2. The first-order valence-electron chi connectivity index (χ1n) is 10.7. The van der Waals surface area contributed by atoms with Crippen molar-refractivity contribution in [2.24, 2.45) is 0 Å². The van der Waals surface area contributed by atoms with Crippen molar-refractivity contribution in [1.82, 2.24) is 10.2 Å². The maximum atomic E-state index is 13.6. The highest BCUT2D eigenvalue weighted by atomic mass is 127. The molecule has 0 aliphatic carbocycles. The largest absolute Gasteiger partial charge is 0.357 e. The quantitative estimate of drug-likeness (QED) is 0.360. The van der Waals surface area contributed by atoms with Crippen LogP contribution in [0.3, 0.4) is 0 Å². The normalized spacial score (nSPS) is 12.0. The van der Waals surface area contributed by atoms with Crippen molar-refractivity contribution in [2.75, 3.05) is 17.9 Å². The minimum atomic E-state index is -4.07. The second-order valence-electron chi connectivity index (χ2n) is 7.70. The van der Waals surface area contributed by atoms with Crippen LogP contribution in [0.25, 0.3) is 0 Å². The Morgan fingerprint density at radius 2 is 1.57 bits per heavy atom. The molecule has 0 heterocycles. The lowest BCUT2D eigenvalue weighted by Gasteiger charge is -2.32. The molecule has 1 N–H and O–H groups in total. The van der Waals surface area contributed by atoms with Crippen LogP contribution in [-0.2, 0) is 26.2 Å². The average Bonchev–Trinajstić information content (AvgIpc) is 2.86. The summed E-state index contributed by atoms with van der Waals surface area (Å²) in [7, 11) is -2.59. The maximum Gasteiger partial charge on any atom is 0.264 e. The number of carbonyl (C=O) groups is 2. The Hall–Kier alpha value is -2.63. The van der Waals surface area contributed by atoms with Gasteiger partial charge in [-0.05, 0) is 77.5 Å². The molecule has 1 unspecified atom stereocenters. The highest BCUT2D eigenvalue weighted by Gasteiger charge is 2.32. The van der Waals surface area contributed by atoms with E-state index in [1.807, 2.05) is 0 Å². The van der Waals surface area contributed by atoms with Crippen LogP contribution >= 0.6 is 34.2 Å². The third-order valence-electron chi connectivity index (χ3n) is 5.44. The number of rotatable bonds is 9. The monoisotopic (exact) mass is 625 g/mol. The van der Waals surface area contributed by atoms with Crippen molar-refractivity contribution in [3.8, 4) is 0 Å². The smallest absolute Gasteiger partial charge is 0.264 e. The number of nitrogens with one attached hydrogen (secondary N) is 1. The second kappa shape index (κ2) is 11.9. The average molecular weight is 626 g/mol. The lowest BCUT2D eigenvalue weighted by atomic mass is 10.1. The molecule has 0 saturated heterocycles. The van der Waals surface area contributed by atoms with Gasteiger partial charge in [0.15, 0.2) is 0 Å². The van der Waals surface area contributed by atoms with Gasteiger partial charge in [0.1, 0.15) is 12.6 Å². The summed E-state index contributed by atoms with van der Waals surface area (Å²) in [5.41, 5.74) is 0.984. The molecule has 0 bridgehead atoms. The first-order valence-corrected chi connectivity index (χ1v) is 13.6. The summed E-state index contributed by atoms with van der Waals surface area (Å²) in [5.74, 6) is -0.920. The van der Waals surface area contributed by atoms with E-state index >= 15 is 0 Å². The SMILES string of the molecule is CNC(=O)C(C)N(Cc1ccccc1Cl)C(=O)CN(c1ccc(I)cc1)S(=O)(=O)c1ccccc1. The standard InChI is InChI=1S/C25H25ClIN3O4S/c1-18(25(32)28-2)29(16-19-8-6-7-11-23(19)26)24(31)17-30(21-14-12-20(27)13-15-21)35(33,34)22-9-4-3-5-10-22/h3-15,18H,16-17H2,1-2H3,(H,28,32). The van der Waals surface area contributed by atoms with E-state index in [-0.39, 0.29) is 17.3 Å². The third-order valence-corrected chi connectivity index (χ3v) is 8.31. The number of carbonyl (C=O) groups excluding carboxylic acids is 2. The molecule has 2 amide bonds. The van der Waals surface area contributed by atoms with Gasteiger partial charge in [-0.3, -0.25) is 13.9 Å². The number of benzene rings is 3. The highest BCUT2D eigenvalue weighted by molar-refractivity contribution is 14.1. The van der Waals surface area contributed by atoms with Crippen LogP contribution in [0.1, 0.15) is 12.5 Å². The summed E-state index contributed by atoms with van der Waals surface area (Å²) in [6.07, 6.45) is 0. The van der Waals surface area contributed by atoms with E-state index in [9.17, 15) is 18.0 Å². The molecule has 0 aliphatic heterocycles. The molecule has 10 heteroatoms. The van der Waals surface area contributed by atoms with Crippen LogP contribution in [0.2, 0.25) is 5.02 Å². The molecule has 1 atom stereocenters. The molecule has 3 aromatic rings. The van der Waals surface area contributed by atoms with Gasteiger partial charge in [-0.25, -0.2) is 8.42 Å². The predicted molar refractivity (Wildman–Crippen MR) is 146 cm³/mol. The van der Waals surface area contributed by atoms with Gasteiger partial charge < -0.3 is 10.2 Å². The number of nitrogens with zero attached hydrogens (tertiary/aromatic N) is 2. The van der Waals surface area contributed by atoms with Gasteiger partial charge in [-0.15, -0.1) is 0 Å². The van der Waals surface area contributed by atoms with Gasteiger partial charge in [0, 0.05) is 22.2 Å². The van der Waals surface area contributed by atoms with Gasteiger partial charge in [0.25, 0.3) is 10.0 Å². The summed E-state index contributed by atoms with van der Waals surface area (Å²) in [5, 5.41) is 2.99. The number of halogens is 2. The molecule has 184 valence electrons. The highest BCUT2D eigenvalue weighted by Crippen LogP contribution is 2.26. The molecule has 7 nitrogen and oxygen atoms in total. The van der Waals surface area contributed by atoms with Crippen LogP contribution in [0.4, 0.5) is 5.69 Å². The molecular formula is C25H25ClIN3O4S. The first kappa shape index (κ1) is 27.0. The van der Waals surface area contributed by atoms with Crippen LogP contribution in [0.5, 0.6) is 0 Å². The summed E-state index contributed by atoms with van der Waals surface area (Å²) in [6, 6.07) is 20.9. The Balaban J connectivity index is 2.02. The van der Waals surface area contributed by atoms with Crippen LogP contribution in [0.15, 0.2) is 83.8 Å². The first-order chi connectivity index (χ1) is 16.6. The number of hydrogen-bond acceptors (Lipinski definition) is 4. The lowest BCUT2D eigenvalue weighted by molar-refractivity contribution is -0.139. The van der Waals surface area contributed by atoms with Gasteiger partial charge in [0.05, 0.1) is 10.6 Å². The fraction of sp³-hybridized carbons (Fsp3) is 0.200. The lowest BCUT2D eigenvalue weighted by Crippen LogP contribution is -2.50. The van der Waals surface area contributed by atoms with Crippen LogP contribution < -0.4 is 9.62 Å². The van der Waals surface area contributed by atoms with E-state index in [1.165, 1.54) is 24.1 Å². The molecule has 0 saturated carbocycles. The molecular weight excluding hydrogens is 601 g/mol. The molecule has 0 spiro atoms. The summed E-state index contributed by atoms with van der Waals surface area (Å²) < 4.78 is 29.2. The van der Waals surface area contributed by atoms with E-state index in [2.05, 4.69) is 27.9 Å². The van der Waals surface area contributed by atoms with E-state index < -0.39 is 28.5 Å². The Kier molecular flexibility index (Phi) is 9.15. The predicted octanol–water partition coefficient (Wildman–Crippen LogP) is 4.30. The molecule has 35 heavy (non-hydrogen) atoms. The van der Waals surface area contributed by atoms with Gasteiger partial charge in [-0.2, -0.15) is 0 Å². The Labute approximate surface area is 224 Å². The molecule has 0 fully saturated rings. The molecule has 0 aliphatic rings. The Bertz CT molecular complexity index is 1290. The van der Waals surface area contributed by atoms with Gasteiger partial charge in [0.2, 0.25) is 11.8 Å². The summed E-state index contributed by atoms with van der Waals surface area (Å²) in [6.45, 7) is 1.14. The fourth-order valence-corrected chi connectivity index (χ4v) is 5.45. The van der Waals surface area contributed by atoms with Crippen molar-refractivity contribution >= 4 is 61.7 Å². The number of anilines is 1. The zero-order chi connectivity index (χ0) is 25.6. The fourth-order valence-electron chi connectivity index (χ4n) is 3.46. The van der Waals surface area contributed by atoms with E-state index in [0.717, 1.165) is 7.88 Å². The number of sulfonamides is 1. The van der Waals surface area contributed by atoms with Gasteiger partial charge >= 0.3 is 0 Å². The van der Waals surface area contributed by atoms with Gasteiger partial charge in [-0.1, -0.05) is 48.0 Å². The third kappa shape index (κ3) is 6.53. The van der Waals surface area contributed by atoms with Crippen molar-refractivity contribution in [3.05, 3.63) is 93.0 Å². The number of likely N-dealkylation sites (N-methyl/N-ethyl adjacent to an activating group) is 1. The zero-order valence-corrected chi connectivity index (χ0v) is 22.9. The molecule has 3 rings (SSSR count). The summed E-state index contributed by atoms with van der Waals surface area (Å²) in [4.78, 5) is 27.5. The molecule has 3 aromatic carbocycles. The summed E-state index contributed by atoms with van der Waals surface area (Å²) >= 11 is 8.44. The Morgan fingerprint density at radius 1 is 0.971 bits per heavy atom. The maximum absolute atomic E-state index is 13.6. The minimum absolute atomic E-state index is 0.0407. The van der Waals surface area contributed by atoms with Crippen LogP contribution in [-0.4, -0.2) is 44.8 Å². The van der Waals surface area contributed by atoms with E-state index in [0.29, 0.717) is 16.3 Å². The van der Waals surface area contributed by atoms with Crippen LogP contribution in [0, 0.1) is 3.57 Å².